The van der Waals surface area contributed by atoms with Crippen LogP contribution in [-0.4, -0.2) is 5.84 Å². The number of nitrogens with zero attached hydrogens (tertiary/aromatic N) is 1. The number of aliphatic imine (C=N–C) groups is 1. The molecule has 0 aliphatic heterocycles. The molecule has 0 fully saturated rings. The molecule has 3 nitrogen and oxygen atoms in total. The zero-order chi connectivity index (χ0) is 13.7. The first-order valence-electron chi connectivity index (χ1n) is 5.77. The number of hydrogen-bond donors (Lipinski definition) is 2. The highest BCUT2D eigenvalue weighted by molar-refractivity contribution is 6.30. The monoisotopic (exact) mass is 271 g/mol. The highest BCUT2D eigenvalue weighted by Crippen LogP contribution is 2.16. The number of hydrogen-bond acceptors (Lipinski definition) is 2. The molecule has 0 bridgehead atoms. The van der Waals surface area contributed by atoms with Gasteiger partial charge in [0.15, 0.2) is 0 Å². The zero-order valence-corrected chi connectivity index (χ0v) is 11.0. The summed E-state index contributed by atoms with van der Waals surface area (Å²) in [6, 6.07) is 14.7. The Labute approximate surface area is 117 Å². The van der Waals surface area contributed by atoms with Crippen LogP contribution < -0.4 is 11.5 Å². The molecule has 4 N–H and O–H groups in total. The molecule has 0 saturated heterocycles. The second-order valence-electron chi connectivity index (χ2n) is 4.01. The Morgan fingerprint density at radius 1 is 1.00 bits per heavy atom. The van der Waals surface area contributed by atoms with Gasteiger partial charge >= 0.3 is 0 Å². The third kappa shape index (κ3) is 4.16. The molecule has 0 atom stereocenters. The summed E-state index contributed by atoms with van der Waals surface area (Å²) in [4.78, 5) is 4.26. The van der Waals surface area contributed by atoms with Crippen molar-refractivity contribution in [1.29, 1.82) is 0 Å². The van der Waals surface area contributed by atoms with E-state index in [1.165, 1.54) is 0 Å². The number of nitrogen functional groups attached to an aromatic ring is 1. The molecule has 96 valence electrons. The third-order valence-electron chi connectivity index (χ3n) is 2.47. The van der Waals surface area contributed by atoms with E-state index in [-0.39, 0.29) is 0 Å². The smallest absolute Gasteiger partial charge is 0.124 e. The Bertz CT molecular complexity index is 598. The van der Waals surface area contributed by atoms with E-state index in [0.717, 1.165) is 16.9 Å². The summed E-state index contributed by atoms with van der Waals surface area (Å²) in [6.07, 6.45) is 3.63. The SMILES string of the molecule is NC(C=Cc1ccc(N)cc1)=Nc1ccc(Cl)cc1. The normalized spacial score (nSPS) is 11.9. The predicted molar refractivity (Wildman–Crippen MR) is 82.6 cm³/mol. The predicted octanol–water partition coefficient (Wildman–Crippen LogP) is 3.62. The number of benzene rings is 2. The lowest BCUT2D eigenvalue weighted by Gasteiger charge is -1.97. The molecule has 0 aliphatic carbocycles. The van der Waals surface area contributed by atoms with Crippen LogP contribution in [0.4, 0.5) is 11.4 Å². The first-order chi connectivity index (χ1) is 9.13. The van der Waals surface area contributed by atoms with Gasteiger partial charge in [0.25, 0.3) is 0 Å². The van der Waals surface area contributed by atoms with Gasteiger partial charge in [0.2, 0.25) is 0 Å². The average molecular weight is 272 g/mol. The lowest BCUT2D eigenvalue weighted by atomic mass is 10.2. The van der Waals surface area contributed by atoms with Crippen molar-refractivity contribution in [3.63, 3.8) is 0 Å². The average Bonchev–Trinajstić information content (AvgIpc) is 2.41. The van der Waals surface area contributed by atoms with Crippen LogP contribution >= 0.6 is 11.6 Å². The standard InChI is InChI=1S/C15H14ClN3/c16-12-4-8-14(9-5-12)19-15(18)10-3-11-1-6-13(17)7-2-11/h1-10H,17H2,(H2,18,19). The van der Waals surface area contributed by atoms with Crippen LogP contribution in [0.15, 0.2) is 59.6 Å². The summed E-state index contributed by atoms with van der Waals surface area (Å²) in [6.45, 7) is 0. The van der Waals surface area contributed by atoms with Crippen molar-refractivity contribution in [2.75, 3.05) is 5.73 Å². The van der Waals surface area contributed by atoms with Crippen LogP contribution in [-0.2, 0) is 0 Å². The van der Waals surface area contributed by atoms with E-state index in [4.69, 9.17) is 23.1 Å². The van der Waals surface area contributed by atoms with E-state index in [9.17, 15) is 0 Å². The Balaban J connectivity index is 2.09. The summed E-state index contributed by atoms with van der Waals surface area (Å²) in [5.41, 5.74) is 14.0. The highest BCUT2D eigenvalue weighted by Gasteiger charge is 1.92. The van der Waals surface area contributed by atoms with Gasteiger partial charge in [-0.1, -0.05) is 29.8 Å². The largest absolute Gasteiger partial charge is 0.399 e. The van der Waals surface area contributed by atoms with E-state index >= 15 is 0 Å². The zero-order valence-electron chi connectivity index (χ0n) is 10.3. The fraction of sp³-hybridized carbons (Fsp3) is 0. The van der Waals surface area contributed by atoms with Crippen molar-refractivity contribution in [3.8, 4) is 0 Å². The summed E-state index contributed by atoms with van der Waals surface area (Å²) in [7, 11) is 0. The fourth-order valence-electron chi connectivity index (χ4n) is 1.49. The molecule has 2 rings (SSSR count). The molecule has 0 radical (unpaired) electrons. The van der Waals surface area contributed by atoms with Gasteiger partial charge in [-0.2, -0.15) is 0 Å². The molecule has 0 unspecified atom stereocenters. The third-order valence-corrected chi connectivity index (χ3v) is 2.72. The van der Waals surface area contributed by atoms with E-state index in [2.05, 4.69) is 4.99 Å². The van der Waals surface area contributed by atoms with Gasteiger partial charge in [-0.05, 0) is 48.0 Å². The van der Waals surface area contributed by atoms with Crippen molar-refractivity contribution in [2.45, 2.75) is 0 Å². The van der Waals surface area contributed by atoms with Gasteiger partial charge in [-0.3, -0.25) is 0 Å². The van der Waals surface area contributed by atoms with Gasteiger partial charge in [0.05, 0.1) is 5.69 Å². The van der Waals surface area contributed by atoms with Crippen LogP contribution in [0.3, 0.4) is 0 Å². The number of halogens is 1. The topological polar surface area (TPSA) is 64.4 Å². The summed E-state index contributed by atoms with van der Waals surface area (Å²) < 4.78 is 0. The second-order valence-corrected chi connectivity index (χ2v) is 4.45. The van der Waals surface area contributed by atoms with Gasteiger partial charge in [-0.15, -0.1) is 0 Å². The van der Waals surface area contributed by atoms with Crippen molar-refractivity contribution in [2.24, 2.45) is 10.7 Å². The van der Waals surface area contributed by atoms with Crippen LogP contribution in [0.25, 0.3) is 6.08 Å². The Morgan fingerprint density at radius 2 is 1.63 bits per heavy atom. The Kier molecular flexibility index (Phi) is 4.21. The molecule has 0 amide bonds. The van der Waals surface area contributed by atoms with Gasteiger partial charge in [0.1, 0.15) is 5.84 Å². The summed E-state index contributed by atoms with van der Waals surface area (Å²) >= 11 is 5.80. The van der Waals surface area contributed by atoms with Crippen LogP contribution in [0.1, 0.15) is 5.56 Å². The molecule has 0 spiro atoms. The Morgan fingerprint density at radius 3 is 2.26 bits per heavy atom. The quantitative estimate of drug-likeness (QED) is 0.509. The van der Waals surface area contributed by atoms with Crippen LogP contribution in [0, 0.1) is 0 Å². The van der Waals surface area contributed by atoms with Gasteiger partial charge in [0, 0.05) is 10.7 Å². The summed E-state index contributed by atoms with van der Waals surface area (Å²) in [5, 5.41) is 0.676. The molecular formula is C15H14ClN3. The van der Waals surface area contributed by atoms with E-state index in [0.29, 0.717) is 10.9 Å². The van der Waals surface area contributed by atoms with Crippen molar-refractivity contribution in [1.82, 2.24) is 0 Å². The molecule has 2 aromatic carbocycles. The maximum Gasteiger partial charge on any atom is 0.124 e. The number of nitrogens with two attached hydrogens (primary N) is 2. The van der Waals surface area contributed by atoms with E-state index in [1.807, 2.05) is 42.5 Å². The maximum absolute atomic E-state index is 5.83. The van der Waals surface area contributed by atoms with Gasteiger partial charge in [-0.25, -0.2) is 4.99 Å². The maximum atomic E-state index is 5.83. The van der Waals surface area contributed by atoms with Crippen molar-refractivity contribution in [3.05, 3.63) is 65.2 Å². The van der Waals surface area contributed by atoms with Crippen molar-refractivity contribution >= 4 is 34.9 Å². The minimum atomic E-state index is 0.430. The molecule has 0 heterocycles. The minimum absolute atomic E-state index is 0.430. The van der Waals surface area contributed by atoms with Crippen molar-refractivity contribution < 1.29 is 0 Å². The number of amidine groups is 1. The number of rotatable bonds is 3. The van der Waals surface area contributed by atoms with Crippen LogP contribution in [0.2, 0.25) is 5.02 Å². The highest BCUT2D eigenvalue weighted by atomic mass is 35.5. The molecular weight excluding hydrogens is 258 g/mol. The molecule has 4 heteroatoms. The molecule has 0 aromatic heterocycles. The minimum Gasteiger partial charge on any atom is -0.399 e. The molecule has 2 aromatic rings. The van der Waals surface area contributed by atoms with Crippen LogP contribution in [0.5, 0.6) is 0 Å². The lowest BCUT2D eigenvalue weighted by Crippen LogP contribution is -2.06. The van der Waals surface area contributed by atoms with E-state index in [1.54, 1.807) is 18.2 Å². The molecule has 19 heavy (non-hydrogen) atoms. The fourth-order valence-corrected chi connectivity index (χ4v) is 1.62. The van der Waals surface area contributed by atoms with E-state index < -0.39 is 0 Å². The number of anilines is 1. The lowest BCUT2D eigenvalue weighted by molar-refractivity contribution is 1.48. The first-order valence-corrected chi connectivity index (χ1v) is 6.14. The molecule has 0 saturated carbocycles. The second kappa shape index (κ2) is 6.07. The first kappa shape index (κ1) is 13.2. The summed E-state index contributed by atoms with van der Waals surface area (Å²) in [5.74, 6) is 0.430. The molecule has 0 aliphatic rings. The Hall–Kier alpha value is -2.26. The van der Waals surface area contributed by atoms with Gasteiger partial charge < -0.3 is 11.5 Å².